The molecule has 1 aromatic rings. The Morgan fingerprint density at radius 3 is 2.93 bits per heavy atom. The molecule has 78 valence electrons. The Bertz CT molecular complexity index is 402. The number of nitrogens with zero attached hydrogens (tertiary/aromatic N) is 1. The predicted molar refractivity (Wildman–Crippen MR) is 62.1 cm³/mol. The van der Waals surface area contributed by atoms with E-state index in [4.69, 9.17) is 11.6 Å². The molecule has 0 aliphatic carbocycles. The second-order valence-electron chi connectivity index (χ2n) is 3.68. The van der Waals surface area contributed by atoms with Crippen LogP contribution in [0.25, 0.3) is 0 Å². The molecule has 1 unspecified atom stereocenters. The third-order valence-electron chi connectivity index (χ3n) is 2.61. The van der Waals surface area contributed by atoms with E-state index < -0.39 is 0 Å². The Hall–Kier alpha value is -1.28. The van der Waals surface area contributed by atoms with E-state index in [0.717, 1.165) is 5.69 Å². The molecule has 2 nitrogen and oxygen atoms in total. The van der Waals surface area contributed by atoms with Gasteiger partial charge >= 0.3 is 0 Å². The number of amides is 1. The largest absolute Gasteiger partial charge is 0.312 e. The molecule has 0 bridgehead atoms. The van der Waals surface area contributed by atoms with E-state index in [9.17, 15) is 4.79 Å². The zero-order valence-electron chi connectivity index (χ0n) is 8.32. The molecule has 1 fully saturated rings. The van der Waals surface area contributed by atoms with Crippen molar-refractivity contribution in [3.63, 3.8) is 0 Å². The highest BCUT2D eigenvalue weighted by Gasteiger charge is 2.28. The average Bonchev–Trinajstić information content (AvgIpc) is 2.60. The fraction of sp³-hybridized carbons (Fsp3) is 0.250. The Morgan fingerprint density at radius 1 is 1.53 bits per heavy atom. The molecular formula is C12H12ClNO. The summed E-state index contributed by atoms with van der Waals surface area (Å²) in [5, 5.41) is 0.655. The van der Waals surface area contributed by atoms with E-state index in [1.807, 2.05) is 24.3 Å². The minimum absolute atomic E-state index is 0.141. The predicted octanol–water partition coefficient (Wildman–Crippen LogP) is 2.88. The number of carbonyl (C=O) groups is 1. The van der Waals surface area contributed by atoms with Gasteiger partial charge in [0.2, 0.25) is 5.91 Å². The molecule has 0 radical (unpaired) electrons. The molecular weight excluding hydrogens is 210 g/mol. The van der Waals surface area contributed by atoms with Crippen molar-refractivity contribution in [3.8, 4) is 0 Å². The van der Waals surface area contributed by atoms with E-state index in [2.05, 4.69) is 6.58 Å². The first kappa shape index (κ1) is 10.2. The smallest absolute Gasteiger partial charge is 0.227 e. The number of hydrogen-bond acceptors (Lipinski definition) is 1. The van der Waals surface area contributed by atoms with Crippen LogP contribution in [-0.4, -0.2) is 12.5 Å². The summed E-state index contributed by atoms with van der Waals surface area (Å²) in [6, 6.07) is 7.36. The van der Waals surface area contributed by atoms with E-state index in [0.29, 0.717) is 18.0 Å². The number of carbonyl (C=O) groups excluding carboxylic acids is 1. The molecule has 0 N–H and O–H groups in total. The molecule has 0 saturated carbocycles. The van der Waals surface area contributed by atoms with Gasteiger partial charge in [-0.25, -0.2) is 0 Å². The van der Waals surface area contributed by atoms with Gasteiger partial charge in [0.15, 0.2) is 0 Å². The van der Waals surface area contributed by atoms with Crippen molar-refractivity contribution in [1.82, 2.24) is 0 Å². The maximum atomic E-state index is 11.7. The molecule has 1 atom stereocenters. The first-order valence-corrected chi connectivity index (χ1v) is 5.27. The summed E-state index contributed by atoms with van der Waals surface area (Å²) in [5.41, 5.74) is 0.872. The highest BCUT2D eigenvalue weighted by Crippen LogP contribution is 2.27. The first-order valence-electron chi connectivity index (χ1n) is 4.89. The summed E-state index contributed by atoms with van der Waals surface area (Å²) < 4.78 is 0. The van der Waals surface area contributed by atoms with Crippen LogP contribution in [0, 0.1) is 5.92 Å². The van der Waals surface area contributed by atoms with Gasteiger partial charge in [-0.1, -0.05) is 23.7 Å². The quantitative estimate of drug-likeness (QED) is 0.704. The van der Waals surface area contributed by atoms with Gasteiger partial charge in [0.05, 0.1) is 0 Å². The van der Waals surface area contributed by atoms with Gasteiger partial charge in [0, 0.05) is 29.6 Å². The molecule has 0 aromatic heterocycles. The lowest BCUT2D eigenvalue weighted by Gasteiger charge is -2.16. The zero-order chi connectivity index (χ0) is 10.8. The van der Waals surface area contributed by atoms with Gasteiger partial charge in [0.1, 0.15) is 0 Å². The van der Waals surface area contributed by atoms with Crippen LogP contribution >= 0.6 is 11.6 Å². The van der Waals surface area contributed by atoms with Crippen molar-refractivity contribution < 1.29 is 4.79 Å². The third-order valence-corrected chi connectivity index (χ3v) is 2.84. The molecule has 15 heavy (non-hydrogen) atoms. The van der Waals surface area contributed by atoms with Crippen LogP contribution < -0.4 is 4.90 Å². The van der Waals surface area contributed by atoms with Gasteiger partial charge in [-0.2, -0.15) is 0 Å². The summed E-state index contributed by atoms with van der Waals surface area (Å²) in [4.78, 5) is 13.5. The van der Waals surface area contributed by atoms with Crippen LogP contribution in [0.15, 0.2) is 36.9 Å². The Labute approximate surface area is 94.2 Å². The molecule has 1 heterocycles. The standard InChI is InChI=1S/C12H12ClNO/c1-2-9-6-12(15)14(8-9)11-5-3-4-10(13)7-11/h2-5,7,9H,1,6,8H2. The summed E-state index contributed by atoms with van der Waals surface area (Å²) in [5.74, 6) is 0.402. The number of anilines is 1. The van der Waals surface area contributed by atoms with E-state index >= 15 is 0 Å². The molecule has 1 aliphatic rings. The molecule has 1 saturated heterocycles. The van der Waals surface area contributed by atoms with Crippen molar-refractivity contribution >= 4 is 23.2 Å². The average molecular weight is 222 g/mol. The SMILES string of the molecule is C=CC1CC(=O)N(c2cccc(Cl)c2)C1. The van der Waals surface area contributed by atoms with Crippen molar-refractivity contribution in [2.24, 2.45) is 5.92 Å². The monoisotopic (exact) mass is 221 g/mol. The van der Waals surface area contributed by atoms with Crippen LogP contribution in [0.1, 0.15) is 6.42 Å². The number of benzene rings is 1. The van der Waals surface area contributed by atoms with Gasteiger partial charge in [-0.15, -0.1) is 6.58 Å². The van der Waals surface area contributed by atoms with Crippen LogP contribution in [0.2, 0.25) is 5.02 Å². The maximum absolute atomic E-state index is 11.7. The van der Waals surface area contributed by atoms with Crippen molar-refractivity contribution in [1.29, 1.82) is 0 Å². The minimum atomic E-state index is 0.141. The summed E-state index contributed by atoms with van der Waals surface area (Å²) in [7, 11) is 0. The van der Waals surface area contributed by atoms with Crippen LogP contribution in [0.4, 0.5) is 5.69 Å². The van der Waals surface area contributed by atoms with E-state index in [1.54, 1.807) is 11.0 Å². The lowest BCUT2D eigenvalue weighted by molar-refractivity contribution is -0.117. The Morgan fingerprint density at radius 2 is 2.33 bits per heavy atom. The maximum Gasteiger partial charge on any atom is 0.227 e. The normalized spacial score (nSPS) is 20.7. The van der Waals surface area contributed by atoms with Crippen molar-refractivity contribution in [2.75, 3.05) is 11.4 Å². The fourth-order valence-electron chi connectivity index (χ4n) is 1.79. The van der Waals surface area contributed by atoms with Crippen LogP contribution in [0.5, 0.6) is 0 Å². The zero-order valence-corrected chi connectivity index (χ0v) is 9.07. The van der Waals surface area contributed by atoms with Gasteiger partial charge in [-0.05, 0) is 18.2 Å². The Balaban J connectivity index is 2.25. The summed E-state index contributed by atoms with van der Waals surface area (Å²) in [6.45, 7) is 4.43. The highest BCUT2D eigenvalue weighted by molar-refractivity contribution is 6.30. The van der Waals surface area contributed by atoms with Gasteiger partial charge in [0.25, 0.3) is 0 Å². The Kier molecular flexibility index (Phi) is 2.78. The van der Waals surface area contributed by atoms with Crippen LogP contribution in [-0.2, 0) is 4.79 Å². The molecule has 3 heteroatoms. The fourth-order valence-corrected chi connectivity index (χ4v) is 1.97. The second kappa shape index (κ2) is 4.07. The first-order chi connectivity index (χ1) is 7.20. The molecule has 1 amide bonds. The summed E-state index contributed by atoms with van der Waals surface area (Å²) >= 11 is 5.88. The molecule has 2 rings (SSSR count). The number of rotatable bonds is 2. The molecule has 1 aliphatic heterocycles. The van der Waals surface area contributed by atoms with E-state index in [-0.39, 0.29) is 11.8 Å². The number of hydrogen-bond donors (Lipinski definition) is 0. The number of halogens is 1. The second-order valence-corrected chi connectivity index (χ2v) is 4.12. The third kappa shape index (κ3) is 2.05. The molecule has 0 spiro atoms. The van der Waals surface area contributed by atoms with Crippen LogP contribution in [0.3, 0.4) is 0 Å². The molecule has 1 aromatic carbocycles. The van der Waals surface area contributed by atoms with E-state index in [1.165, 1.54) is 0 Å². The van der Waals surface area contributed by atoms with Gasteiger partial charge < -0.3 is 4.90 Å². The van der Waals surface area contributed by atoms with Crippen molar-refractivity contribution in [3.05, 3.63) is 41.9 Å². The highest BCUT2D eigenvalue weighted by atomic mass is 35.5. The lowest BCUT2D eigenvalue weighted by Crippen LogP contribution is -2.24. The minimum Gasteiger partial charge on any atom is -0.312 e. The topological polar surface area (TPSA) is 20.3 Å². The van der Waals surface area contributed by atoms with Crippen molar-refractivity contribution in [2.45, 2.75) is 6.42 Å². The summed E-state index contributed by atoms with van der Waals surface area (Å²) in [6.07, 6.45) is 2.39. The van der Waals surface area contributed by atoms with Gasteiger partial charge in [-0.3, -0.25) is 4.79 Å². The lowest BCUT2D eigenvalue weighted by atomic mass is 10.1.